The summed E-state index contributed by atoms with van der Waals surface area (Å²) in [6.07, 6.45) is 1.72. The molecule has 2 nitrogen and oxygen atoms in total. The van der Waals surface area contributed by atoms with Gasteiger partial charge in [-0.3, -0.25) is 0 Å². The Hall–Kier alpha value is -1.48. The van der Waals surface area contributed by atoms with Crippen LogP contribution in [0.25, 0.3) is 0 Å². The molecule has 0 saturated heterocycles. The summed E-state index contributed by atoms with van der Waals surface area (Å²) < 4.78 is 0. The fraction of sp³-hybridized carbons (Fsp3) is 0.214. The van der Waals surface area contributed by atoms with E-state index < -0.39 is 0 Å². The third-order valence-electron chi connectivity index (χ3n) is 2.83. The Morgan fingerprint density at radius 2 is 1.76 bits per heavy atom. The highest BCUT2D eigenvalue weighted by Crippen LogP contribution is 2.28. The Balaban J connectivity index is 2.25. The van der Waals surface area contributed by atoms with Crippen molar-refractivity contribution in [3.63, 3.8) is 0 Å². The number of aromatic nitrogens is 1. The molecule has 0 aliphatic carbocycles. The van der Waals surface area contributed by atoms with Gasteiger partial charge < -0.3 is 5.73 Å². The van der Waals surface area contributed by atoms with Crippen LogP contribution in [-0.2, 0) is 0 Å². The van der Waals surface area contributed by atoms with E-state index in [0.717, 1.165) is 16.3 Å². The largest absolute Gasteiger partial charge is 0.397 e. The molecule has 0 unspecified atom stereocenters. The molecule has 2 rings (SSSR count). The van der Waals surface area contributed by atoms with Crippen LogP contribution >= 0.6 is 11.8 Å². The summed E-state index contributed by atoms with van der Waals surface area (Å²) >= 11 is 1.67. The molecule has 17 heavy (non-hydrogen) atoms. The molecule has 1 heterocycles. The second-order valence-electron chi connectivity index (χ2n) is 4.23. The topological polar surface area (TPSA) is 38.9 Å². The smallest absolute Gasteiger partial charge is 0.101 e. The van der Waals surface area contributed by atoms with Crippen molar-refractivity contribution in [2.45, 2.75) is 30.7 Å². The Bertz CT molecular complexity index is 500. The van der Waals surface area contributed by atoms with E-state index in [9.17, 15) is 0 Å². The van der Waals surface area contributed by atoms with Crippen molar-refractivity contribution in [1.82, 2.24) is 4.98 Å². The number of pyridine rings is 1. The zero-order chi connectivity index (χ0) is 12.4. The van der Waals surface area contributed by atoms with Crippen LogP contribution in [0.15, 0.2) is 40.4 Å². The summed E-state index contributed by atoms with van der Waals surface area (Å²) in [6.45, 7) is 6.25. The Labute approximate surface area is 106 Å². The predicted molar refractivity (Wildman–Crippen MR) is 73.4 cm³/mol. The van der Waals surface area contributed by atoms with Crippen LogP contribution in [0, 0.1) is 20.8 Å². The summed E-state index contributed by atoms with van der Waals surface area (Å²) in [5.41, 5.74) is 10.2. The molecular formula is C14H16N2S. The maximum absolute atomic E-state index is 5.75. The molecule has 0 atom stereocenters. The number of nitrogen functional groups attached to an aromatic ring is 1. The van der Waals surface area contributed by atoms with Gasteiger partial charge in [-0.15, -0.1) is 0 Å². The Morgan fingerprint density at radius 1 is 1.00 bits per heavy atom. The van der Waals surface area contributed by atoms with Gasteiger partial charge in [-0.1, -0.05) is 17.8 Å². The minimum atomic E-state index is 0.745. The molecule has 0 aliphatic heterocycles. The van der Waals surface area contributed by atoms with Gasteiger partial charge in [0, 0.05) is 4.90 Å². The predicted octanol–water partition coefficient (Wildman–Crippen LogP) is 3.74. The lowest BCUT2D eigenvalue weighted by atomic mass is 10.1. The van der Waals surface area contributed by atoms with E-state index in [2.05, 4.69) is 37.0 Å². The number of benzene rings is 1. The van der Waals surface area contributed by atoms with Gasteiger partial charge in [0.2, 0.25) is 0 Å². The van der Waals surface area contributed by atoms with E-state index in [4.69, 9.17) is 5.73 Å². The van der Waals surface area contributed by atoms with Crippen LogP contribution in [0.2, 0.25) is 0 Å². The van der Waals surface area contributed by atoms with Gasteiger partial charge in [-0.05, 0) is 55.7 Å². The molecular weight excluding hydrogens is 228 g/mol. The van der Waals surface area contributed by atoms with Crippen LogP contribution in [0.4, 0.5) is 5.69 Å². The first-order chi connectivity index (χ1) is 8.06. The summed E-state index contributed by atoms with van der Waals surface area (Å²) in [4.78, 5) is 5.54. The summed E-state index contributed by atoms with van der Waals surface area (Å²) in [5, 5.41) is 0.986. The molecule has 0 amide bonds. The molecule has 88 valence electrons. The van der Waals surface area contributed by atoms with E-state index in [-0.39, 0.29) is 0 Å². The zero-order valence-electron chi connectivity index (χ0n) is 10.3. The number of nitrogens with two attached hydrogens (primary N) is 1. The summed E-state index contributed by atoms with van der Waals surface area (Å²) in [7, 11) is 0. The minimum Gasteiger partial charge on any atom is -0.397 e. The van der Waals surface area contributed by atoms with Crippen LogP contribution in [0.5, 0.6) is 0 Å². The first-order valence-electron chi connectivity index (χ1n) is 5.53. The average Bonchev–Trinajstić information content (AvgIpc) is 2.29. The van der Waals surface area contributed by atoms with E-state index in [1.807, 2.05) is 13.0 Å². The van der Waals surface area contributed by atoms with E-state index in [1.165, 1.54) is 16.0 Å². The average molecular weight is 244 g/mol. The Morgan fingerprint density at radius 3 is 2.41 bits per heavy atom. The number of rotatable bonds is 2. The SMILES string of the molecule is Cc1ccc(Sc2cc(C)c(N)cn2)cc1C. The second-order valence-corrected chi connectivity index (χ2v) is 5.32. The lowest BCUT2D eigenvalue weighted by molar-refractivity contribution is 1.11. The number of nitrogens with zero attached hydrogens (tertiary/aromatic N) is 1. The number of hydrogen-bond donors (Lipinski definition) is 1. The van der Waals surface area contributed by atoms with Crippen LogP contribution in [0.1, 0.15) is 16.7 Å². The lowest BCUT2D eigenvalue weighted by Gasteiger charge is -2.06. The lowest BCUT2D eigenvalue weighted by Crippen LogP contribution is -1.91. The fourth-order valence-corrected chi connectivity index (χ4v) is 2.45. The molecule has 2 N–H and O–H groups in total. The molecule has 0 fully saturated rings. The van der Waals surface area contributed by atoms with Gasteiger partial charge in [-0.2, -0.15) is 0 Å². The molecule has 0 saturated carbocycles. The second kappa shape index (κ2) is 4.80. The summed E-state index contributed by atoms with van der Waals surface area (Å²) in [5.74, 6) is 0. The molecule has 3 heteroatoms. The first kappa shape index (κ1) is 12.0. The molecule has 0 radical (unpaired) electrons. The van der Waals surface area contributed by atoms with Crippen LogP contribution < -0.4 is 5.73 Å². The molecule has 1 aromatic heterocycles. The highest BCUT2D eigenvalue weighted by molar-refractivity contribution is 7.99. The van der Waals surface area contributed by atoms with Crippen LogP contribution in [0.3, 0.4) is 0 Å². The maximum Gasteiger partial charge on any atom is 0.101 e. The Kier molecular flexibility index (Phi) is 3.38. The molecule has 0 aliphatic rings. The molecule has 0 spiro atoms. The van der Waals surface area contributed by atoms with Gasteiger partial charge in [0.05, 0.1) is 11.9 Å². The normalized spacial score (nSPS) is 10.5. The van der Waals surface area contributed by atoms with Crippen molar-refractivity contribution in [3.8, 4) is 0 Å². The minimum absolute atomic E-state index is 0.745. The van der Waals surface area contributed by atoms with Crippen molar-refractivity contribution < 1.29 is 0 Å². The first-order valence-corrected chi connectivity index (χ1v) is 6.35. The third kappa shape index (κ3) is 2.80. The maximum atomic E-state index is 5.75. The van der Waals surface area contributed by atoms with Crippen molar-refractivity contribution in [2.24, 2.45) is 0 Å². The van der Waals surface area contributed by atoms with Gasteiger partial charge >= 0.3 is 0 Å². The zero-order valence-corrected chi connectivity index (χ0v) is 11.1. The van der Waals surface area contributed by atoms with Crippen molar-refractivity contribution in [1.29, 1.82) is 0 Å². The van der Waals surface area contributed by atoms with E-state index in [1.54, 1.807) is 18.0 Å². The number of hydrogen-bond acceptors (Lipinski definition) is 3. The van der Waals surface area contributed by atoms with Gasteiger partial charge in [0.1, 0.15) is 5.03 Å². The fourth-order valence-electron chi connectivity index (χ4n) is 1.49. The van der Waals surface area contributed by atoms with Gasteiger partial charge in [0.15, 0.2) is 0 Å². The third-order valence-corrected chi connectivity index (χ3v) is 3.75. The van der Waals surface area contributed by atoms with Crippen molar-refractivity contribution in [3.05, 3.63) is 47.2 Å². The molecule has 1 aromatic carbocycles. The van der Waals surface area contributed by atoms with E-state index in [0.29, 0.717) is 0 Å². The van der Waals surface area contributed by atoms with E-state index >= 15 is 0 Å². The van der Waals surface area contributed by atoms with Gasteiger partial charge in [0.25, 0.3) is 0 Å². The highest BCUT2D eigenvalue weighted by Gasteiger charge is 2.02. The quantitative estimate of drug-likeness (QED) is 0.874. The molecule has 2 aromatic rings. The number of aryl methyl sites for hydroxylation is 3. The van der Waals surface area contributed by atoms with Crippen molar-refractivity contribution >= 4 is 17.4 Å². The monoisotopic (exact) mass is 244 g/mol. The molecule has 0 bridgehead atoms. The van der Waals surface area contributed by atoms with Gasteiger partial charge in [-0.25, -0.2) is 4.98 Å². The standard InChI is InChI=1S/C14H16N2S/c1-9-4-5-12(6-10(9)2)17-14-7-11(3)13(15)8-16-14/h4-8H,15H2,1-3H3. The summed E-state index contributed by atoms with van der Waals surface area (Å²) in [6, 6.07) is 8.48. The number of anilines is 1. The van der Waals surface area contributed by atoms with Crippen molar-refractivity contribution in [2.75, 3.05) is 5.73 Å². The highest BCUT2D eigenvalue weighted by atomic mass is 32.2. The van der Waals surface area contributed by atoms with Crippen LogP contribution in [-0.4, -0.2) is 4.98 Å².